The average Bonchev–Trinajstić information content (AvgIpc) is 2.91. The third kappa shape index (κ3) is 7.52. The maximum Gasteiger partial charge on any atom is 0.336 e. The third-order valence-electron chi connectivity index (χ3n) is 7.04. The average molecular weight is 545 g/mol. The van der Waals surface area contributed by atoms with Crippen LogP contribution in [0.1, 0.15) is 77.2 Å². The number of carbonyl (C=O) groups excluding carboxylic acids is 3. The van der Waals surface area contributed by atoms with Crippen LogP contribution in [-0.4, -0.2) is 46.7 Å². The summed E-state index contributed by atoms with van der Waals surface area (Å²) in [7, 11) is 0. The first-order valence-electron chi connectivity index (χ1n) is 13.3. The molecule has 0 N–H and O–H groups in total. The van der Waals surface area contributed by atoms with Crippen LogP contribution >= 0.6 is 11.8 Å². The number of hydrogen-bond acceptors (Lipinski definition) is 9. The molecule has 38 heavy (non-hydrogen) atoms. The molecule has 1 aromatic rings. The van der Waals surface area contributed by atoms with E-state index in [4.69, 9.17) is 9.47 Å². The first kappa shape index (κ1) is 29.5. The van der Waals surface area contributed by atoms with Crippen molar-refractivity contribution in [2.75, 3.05) is 19.0 Å². The Kier molecular flexibility index (Phi) is 11.1. The Morgan fingerprint density at radius 2 is 1.82 bits per heavy atom. The predicted molar refractivity (Wildman–Crippen MR) is 146 cm³/mol. The van der Waals surface area contributed by atoms with Gasteiger partial charge in [0.1, 0.15) is 5.92 Å². The number of rotatable bonds is 11. The maximum absolute atomic E-state index is 13.3. The molecule has 2 unspecified atom stereocenters. The van der Waals surface area contributed by atoms with Crippen molar-refractivity contribution in [2.45, 2.75) is 71.6 Å². The van der Waals surface area contributed by atoms with Crippen LogP contribution in [0.15, 0.2) is 40.5 Å². The second-order valence-electron chi connectivity index (χ2n) is 9.60. The second-order valence-corrected chi connectivity index (χ2v) is 10.6. The molecule has 1 saturated carbocycles. The monoisotopic (exact) mass is 544 g/mol. The molecule has 2 atom stereocenters. The van der Waals surface area contributed by atoms with Gasteiger partial charge in [-0.15, -0.1) is 0 Å². The number of ether oxygens (including phenoxy) is 2. The fraction of sp³-hybridized carbons (Fsp3) is 0.571. The summed E-state index contributed by atoms with van der Waals surface area (Å²) >= 11 is 1.10. The smallest absolute Gasteiger partial charge is 0.336 e. The molecule has 1 aliphatic carbocycles. The first-order valence-corrected chi connectivity index (χ1v) is 14.3. The summed E-state index contributed by atoms with van der Waals surface area (Å²) in [6.07, 6.45) is 7.35. The molecular weight excluding hydrogens is 508 g/mol. The molecule has 9 nitrogen and oxygen atoms in total. The van der Waals surface area contributed by atoms with Crippen LogP contribution in [0.4, 0.5) is 5.69 Å². The van der Waals surface area contributed by atoms with E-state index in [0.717, 1.165) is 18.2 Å². The number of nitro groups is 1. The summed E-state index contributed by atoms with van der Waals surface area (Å²) in [5.74, 6) is -2.40. The van der Waals surface area contributed by atoms with Gasteiger partial charge in [-0.2, -0.15) is 0 Å². The van der Waals surface area contributed by atoms with Crippen molar-refractivity contribution in [1.29, 1.82) is 0 Å². The van der Waals surface area contributed by atoms with E-state index in [9.17, 15) is 24.5 Å². The standard InChI is InChI=1S/C28H36N2O7S/c1-4-36-27(32)24-18(3)29-22(17-38-23(31)15-14-19-10-7-6-8-11-19)26(28(33)37-5-2)25(24)20-12-9-13-21(16-20)30(34)35/h9,12-13,16,19,24-25H,4-8,10-11,14-15,17H2,1-3H3. The Balaban J connectivity index is 1.96. The Morgan fingerprint density at radius 3 is 2.47 bits per heavy atom. The molecule has 1 aromatic carbocycles. The Labute approximate surface area is 227 Å². The van der Waals surface area contributed by atoms with E-state index < -0.39 is 28.7 Å². The zero-order valence-electron chi connectivity index (χ0n) is 22.3. The van der Waals surface area contributed by atoms with E-state index >= 15 is 0 Å². The van der Waals surface area contributed by atoms with Crippen LogP contribution < -0.4 is 0 Å². The topological polar surface area (TPSA) is 125 Å². The molecule has 0 radical (unpaired) electrons. The Hall–Kier alpha value is -3.01. The normalized spacial score (nSPS) is 20.0. The fourth-order valence-corrected chi connectivity index (χ4v) is 6.02. The first-order chi connectivity index (χ1) is 18.3. The number of carbonyl (C=O) groups is 3. The van der Waals surface area contributed by atoms with Gasteiger partial charge in [0, 0.05) is 35.9 Å². The predicted octanol–water partition coefficient (Wildman–Crippen LogP) is 5.77. The number of hydrogen-bond donors (Lipinski definition) is 0. The Bertz CT molecular complexity index is 1110. The molecular formula is C28H36N2O7S. The van der Waals surface area contributed by atoms with Crippen molar-refractivity contribution < 1.29 is 28.8 Å². The minimum atomic E-state index is -0.966. The van der Waals surface area contributed by atoms with Crippen LogP contribution in [0.5, 0.6) is 0 Å². The van der Waals surface area contributed by atoms with Gasteiger partial charge in [0.15, 0.2) is 5.12 Å². The van der Waals surface area contributed by atoms with Gasteiger partial charge in [-0.25, -0.2) is 4.79 Å². The van der Waals surface area contributed by atoms with Crippen molar-refractivity contribution in [2.24, 2.45) is 16.8 Å². The lowest BCUT2D eigenvalue weighted by Gasteiger charge is -2.32. The molecule has 0 aromatic heterocycles. The van der Waals surface area contributed by atoms with Crippen LogP contribution in [-0.2, 0) is 23.9 Å². The zero-order valence-corrected chi connectivity index (χ0v) is 23.1. The van der Waals surface area contributed by atoms with Crippen LogP contribution in [0.2, 0.25) is 0 Å². The summed E-state index contributed by atoms with van der Waals surface area (Å²) in [5, 5.41) is 11.5. The van der Waals surface area contributed by atoms with Gasteiger partial charge in [0.2, 0.25) is 0 Å². The highest BCUT2D eigenvalue weighted by molar-refractivity contribution is 8.13. The Morgan fingerprint density at radius 1 is 1.11 bits per heavy atom. The largest absolute Gasteiger partial charge is 0.465 e. The lowest BCUT2D eigenvalue weighted by molar-refractivity contribution is -0.384. The van der Waals surface area contributed by atoms with Crippen LogP contribution in [0.3, 0.4) is 0 Å². The van der Waals surface area contributed by atoms with E-state index in [1.54, 1.807) is 26.8 Å². The van der Waals surface area contributed by atoms with Crippen molar-refractivity contribution in [3.63, 3.8) is 0 Å². The molecule has 1 heterocycles. The van der Waals surface area contributed by atoms with Gasteiger partial charge in [-0.05, 0) is 38.7 Å². The molecule has 0 saturated heterocycles. The molecule has 0 amide bonds. The summed E-state index contributed by atoms with van der Waals surface area (Å²) in [6, 6.07) is 5.86. The summed E-state index contributed by atoms with van der Waals surface area (Å²) in [5.41, 5.74) is 1.12. The number of nitrogens with zero attached hydrogens (tertiary/aromatic N) is 2. The summed E-state index contributed by atoms with van der Waals surface area (Å²) in [4.78, 5) is 54.7. The molecule has 10 heteroatoms. The van der Waals surface area contributed by atoms with Crippen molar-refractivity contribution in [3.8, 4) is 0 Å². The van der Waals surface area contributed by atoms with Crippen molar-refractivity contribution >= 4 is 40.2 Å². The van der Waals surface area contributed by atoms with Gasteiger partial charge in [-0.1, -0.05) is 56.0 Å². The van der Waals surface area contributed by atoms with E-state index in [-0.39, 0.29) is 35.3 Å². The lowest BCUT2D eigenvalue weighted by atomic mass is 9.75. The highest BCUT2D eigenvalue weighted by Gasteiger charge is 2.43. The number of esters is 2. The highest BCUT2D eigenvalue weighted by atomic mass is 32.2. The quantitative estimate of drug-likeness (QED) is 0.195. The van der Waals surface area contributed by atoms with Crippen LogP contribution in [0.25, 0.3) is 0 Å². The van der Waals surface area contributed by atoms with Gasteiger partial charge in [0.25, 0.3) is 5.69 Å². The van der Waals surface area contributed by atoms with Crippen molar-refractivity contribution in [1.82, 2.24) is 0 Å². The SMILES string of the molecule is CCOC(=O)C1=C(CSC(=O)CCC2CCCCC2)N=C(C)C(C(=O)OCC)C1c1cccc([N+](=O)[O-])c1. The molecule has 0 spiro atoms. The summed E-state index contributed by atoms with van der Waals surface area (Å²) < 4.78 is 10.7. The molecule has 206 valence electrons. The number of aliphatic imine (C=N–C) groups is 1. The number of nitro benzene ring substituents is 1. The van der Waals surface area contributed by atoms with E-state index in [0.29, 0.717) is 29.3 Å². The minimum absolute atomic E-state index is 0.0264. The molecule has 0 bridgehead atoms. The fourth-order valence-electron chi connectivity index (χ4n) is 5.24. The molecule has 2 aliphatic rings. The van der Waals surface area contributed by atoms with E-state index in [2.05, 4.69) is 4.99 Å². The zero-order chi connectivity index (χ0) is 27.7. The van der Waals surface area contributed by atoms with E-state index in [1.165, 1.54) is 50.3 Å². The minimum Gasteiger partial charge on any atom is -0.465 e. The van der Waals surface area contributed by atoms with Gasteiger partial charge >= 0.3 is 11.9 Å². The highest BCUT2D eigenvalue weighted by Crippen LogP contribution is 2.42. The number of thioether (sulfide) groups is 1. The molecule has 1 aliphatic heterocycles. The molecule has 1 fully saturated rings. The van der Waals surface area contributed by atoms with Gasteiger partial charge in [-0.3, -0.25) is 24.7 Å². The lowest BCUT2D eigenvalue weighted by Crippen LogP contribution is -2.37. The second kappa shape index (κ2) is 14.2. The van der Waals surface area contributed by atoms with E-state index in [1.807, 2.05) is 0 Å². The third-order valence-corrected chi connectivity index (χ3v) is 7.99. The van der Waals surface area contributed by atoms with Crippen LogP contribution in [0, 0.1) is 22.0 Å². The number of non-ortho nitro benzene ring substituents is 1. The van der Waals surface area contributed by atoms with Gasteiger partial charge in [0.05, 0.1) is 29.4 Å². The van der Waals surface area contributed by atoms with Gasteiger partial charge < -0.3 is 9.47 Å². The summed E-state index contributed by atoms with van der Waals surface area (Å²) in [6.45, 7) is 5.24. The maximum atomic E-state index is 13.3. The van der Waals surface area contributed by atoms with Crippen molar-refractivity contribution in [3.05, 3.63) is 51.2 Å². The molecule has 3 rings (SSSR count). The number of benzene rings is 1.